The molecular weight excluding hydrogens is 481 g/mol. The van der Waals surface area contributed by atoms with Crippen LogP contribution in [-0.4, -0.2) is 47.7 Å². The molecule has 2 rings (SSSR count). The first-order chi connectivity index (χ1) is 13.5. The van der Waals surface area contributed by atoms with Crippen molar-refractivity contribution >= 4 is 29.9 Å². The number of guanidine groups is 1. The summed E-state index contributed by atoms with van der Waals surface area (Å²) in [5.74, 6) is 3.53. The first-order valence-corrected chi connectivity index (χ1v) is 10.1. The van der Waals surface area contributed by atoms with Gasteiger partial charge in [-0.15, -0.1) is 24.0 Å². The van der Waals surface area contributed by atoms with E-state index >= 15 is 0 Å². The number of aromatic nitrogens is 2. The third kappa shape index (κ3) is 8.59. The van der Waals surface area contributed by atoms with Gasteiger partial charge in [-0.25, -0.2) is 0 Å². The van der Waals surface area contributed by atoms with Crippen molar-refractivity contribution in [3.05, 3.63) is 41.5 Å². The number of nitrogens with zero attached hydrogens (tertiary/aromatic N) is 4. The van der Waals surface area contributed by atoms with E-state index in [2.05, 4.69) is 53.3 Å². The Morgan fingerprint density at radius 2 is 1.97 bits per heavy atom. The summed E-state index contributed by atoms with van der Waals surface area (Å²) >= 11 is 0. The van der Waals surface area contributed by atoms with Crippen molar-refractivity contribution in [3.63, 3.8) is 0 Å². The van der Waals surface area contributed by atoms with Crippen LogP contribution in [0.15, 0.2) is 33.8 Å². The van der Waals surface area contributed by atoms with Crippen molar-refractivity contribution in [1.82, 2.24) is 20.4 Å². The minimum Gasteiger partial charge on any atom is -0.494 e. The Morgan fingerprint density at radius 3 is 2.55 bits per heavy atom. The quantitative estimate of drug-likeness (QED) is 0.221. The first-order valence-electron chi connectivity index (χ1n) is 10.1. The minimum atomic E-state index is 0. The van der Waals surface area contributed by atoms with Gasteiger partial charge in [0.15, 0.2) is 11.8 Å². The van der Waals surface area contributed by atoms with Gasteiger partial charge in [0.1, 0.15) is 5.75 Å². The largest absolute Gasteiger partial charge is 0.494 e. The van der Waals surface area contributed by atoms with E-state index in [1.165, 1.54) is 5.56 Å². The topological polar surface area (TPSA) is 75.8 Å². The second-order valence-electron chi connectivity index (χ2n) is 6.97. The second-order valence-corrected chi connectivity index (χ2v) is 6.97. The second kappa shape index (κ2) is 13.4. The third-order valence-electron chi connectivity index (χ3n) is 4.16. The van der Waals surface area contributed by atoms with Crippen LogP contribution in [0.25, 0.3) is 0 Å². The lowest BCUT2D eigenvalue weighted by molar-refractivity contribution is 0.340. The number of benzene rings is 1. The fourth-order valence-electron chi connectivity index (χ4n) is 2.70. The van der Waals surface area contributed by atoms with Gasteiger partial charge in [0.05, 0.1) is 6.61 Å². The Kier molecular flexibility index (Phi) is 11.6. The van der Waals surface area contributed by atoms with Crippen LogP contribution in [0, 0.1) is 0 Å². The molecule has 1 heterocycles. The number of aliphatic imine (C=N–C) groups is 1. The molecule has 0 saturated heterocycles. The van der Waals surface area contributed by atoms with Gasteiger partial charge in [-0.05, 0) is 38.0 Å². The zero-order valence-electron chi connectivity index (χ0n) is 18.1. The van der Waals surface area contributed by atoms with Crippen LogP contribution < -0.4 is 10.1 Å². The van der Waals surface area contributed by atoms with Gasteiger partial charge in [0.2, 0.25) is 5.89 Å². The molecule has 0 bridgehead atoms. The number of ether oxygens (including phenoxy) is 1. The zero-order valence-corrected chi connectivity index (χ0v) is 20.5. The van der Waals surface area contributed by atoms with E-state index in [1.807, 2.05) is 26.1 Å². The van der Waals surface area contributed by atoms with Gasteiger partial charge in [0, 0.05) is 39.0 Å². The molecular formula is C21H34IN5O2. The van der Waals surface area contributed by atoms with Gasteiger partial charge in [0.25, 0.3) is 0 Å². The van der Waals surface area contributed by atoms with Crippen LogP contribution in [0.4, 0.5) is 0 Å². The normalized spacial score (nSPS) is 11.3. The predicted molar refractivity (Wildman–Crippen MR) is 127 cm³/mol. The lowest BCUT2D eigenvalue weighted by atomic mass is 10.2. The molecule has 7 nitrogen and oxygen atoms in total. The molecule has 0 aliphatic heterocycles. The van der Waals surface area contributed by atoms with Crippen molar-refractivity contribution in [2.24, 2.45) is 4.99 Å². The van der Waals surface area contributed by atoms with Crippen molar-refractivity contribution in [2.75, 3.05) is 26.7 Å². The van der Waals surface area contributed by atoms with Crippen LogP contribution in [0.3, 0.4) is 0 Å². The zero-order chi connectivity index (χ0) is 20.4. The molecule has 0 unspecified atom stereocenters. The molecule has 0 spiro atoms. The molecule has 2 aromatic rings. The van der Waals surface area contributed by atoms with Gasteiger partial charge in [-0.2, -0.15) is 4.98 Å². The molecule has 0 radical (unpaired) electrons. The SMILES string of the molecule is CCNC(=NCCCc1nc(C(C)C)no1)N(C)Cc1ccc(OCC)cc1.I. The predicted octanol–water partition coefficient (Wildman–Crippen LogP) is 4.24. The average Bonchev–Trinajstić information content (AvgIpc) is 3.15. The molecule has 0 saturated carbocycles. The van der Waals surface area contributed by atoms with E-state index in [4.69, 9.17) is 14.3 Å². The molecule has 0 amide bonds. The van der Waals surface area contributed by atoms with Crippen LogP contribution in [0.1, 0.15) is 57.3 Å². The summed E-state index contributed by atoms with van der Waals surface area (Å²) in [6.07, 6.45) is 1.61. The number of hydrogen-bond donors (Lipinski definition) is 1. The van der Waals surface area contributed by atoms with Gasteiger partial charge < -0.3 is 19.5 Å². The molecule has 1 aromatic carbocycles. The van der Waals surface area contributed by atoms with E-state index in [1.54, 1.807) is 0 Å². The fraction of sp³-hybridized carbons (Fsp3) is 0.571. The highest BCUT2D eigenvalue weighted by Gasteiger charge is 2.10. The molecule has 0 atom stereocenters. The van der Waals surface area contributed by atoms with Crippen molar-refractivity contribution in [1.29, 1.82) is 0 Å². The molecule has 0 aliphatic rings. The maximum Gasteiger partial charge on any atom is 0.226 e. The van der Waals surface area contributed by atoms with Gasteiger partial charge >= 0.3 is 0 Å². The van der Waals surface area contributed by atoms with E-state index in [9.17, 15) is 0 Å². The number of rotatable bonds is 10. The summed E-state index contributed by atoms with van der Waals surface area (Å²) in [5, 5.41) is 7.35. The van der Waals surface area contributed by atoms with Crippen molar-refractivity contribution < 1.29 is 9.26 Å². The van der Waals surface area contributed by atoms with Crippen LogP contribution in [-0.2, 0) is 13.0 Å². The lowest BCUT2D eigenvalue weighted by Gasteiger charge is -2.22. The Hall–Kier alpha value is -1.84. The van der Waals surface area contributed by atoms with Crippen molar-refractivity contribution in [3.8, 4) is 5.75 Å². The number of aryl methyl sites for hydroxylation is 1. The lowest BCUT2D eigenvalue weighted by Crippen LogP contribution is -2.38. The standard InChI is InChI=1S/C21H33N5O2.HI/c1-6-22-21(23-14-8-9-19-24-20(16(3)4)25-28-19)26(5)15-17-10-12-18(13-11-17)27-7-2;/h10-13,16H,6-9,14-15H2,1-5H3,(H,22,23);1H. The van der Waals surface area contributed by atoms with E-state index in [0.717, 1.165) is 43.5 Å². The van der Waals surface area contributed by atoms with Crippen LogP contribution >= 0.6 is 24.0 Å². The first kappa shape index (κ1) is 25.2. The highest BCUT2D eigenvalue weighted by molar-refractivity contribution is 14.0. The molecule has 0 aliphatic carbocycles. The number of hydrogen-bond acceptors (Lipinski definition) is 5. The molecule has 162 valence electrons. The summed E-state index contributed by atoms with van der Waals surface area (Å²) in [7, 11) is 2.05. The van der Waals surface area contributed by atoms with Gasteiger partial charge in [-0.3, -0.25) is 4.99 Å². The van der Waals surface area contributed by atoms with E-state index in [-0.39, 0.29) is 29.9 Å². The summed E-state index contributed by atoms with van der Waals surface area (Å²) in [5.41, 5.74) is 1.21. The third-order valence-corrected chi connectivity index (χ3v) is 4.16. The molecule has 1 N–H and O–H groups in total. The molecule has 0 fully saturated rings. The van der Waals surface area contributed by atoms with Crippen LogP contribution in [0.2, 0.25) is 0 Å². The average molecular weight is 515 g/mol. The summed E-state index contributed by atoms with van der Waals surface area (Å²) in [6, 6.07) is 8.19. The summed E-state index contributed by atoms with van der Waals surface area (Å²) in [6.45, 7) is 11.2. The maximum atomic E-state index is 5.50. The van der Waals surface area contributed by atoms with E-state index in [0.29, 0.717) is 19.0 Å². The van der Waals surface area contributed by atoms with Gasteiger partial charge in [-0.1, -0.05) is 31.1 Å². The Balaban J connectivity index is 0.00000420. The summed E-state index contributed by atoms with van der Waals surface area (Å²) < 4.78 is 10.8. The summed E-state index contributed by atoms with van der Waals surface area (Å²) in [4.78, 5) is 11.3. The fourth-order valence-corrected chi connectivity index (χ4v) is 2.70. The Labute approximate surface area is 191 Å². The number of halogens is 1. The molecule has 1 aromatic heterocycles. The van der Waals surface area contributed by atoms with Crippen molar-refractivity contribution in [2.45, 2.75) is 53.0 Å². The highest BCUT2D eigenvalue weighted by Crippen LogP contribution is 2.13. The smallest absolute Gasteiger partial charge is 0.226 e. The van der Waals surface area contributed by atoms with Crippen LogP contribution in [0.5, 0.6) is 5.75 Å². The molecule has 29 heavy (non-hydrogen) atoms. The minimum absolute atomic E-state index is 0. The Bertz CT molecular complexity index is 731. The van der Waals surface area contributed by atoms with E-state index < -0.39 is 0 Å². The maximum absolute atomic E-state index is 5.50. The number of nitrogens with one attached hydrogen (secondary N) is 1. The highest BCUT2D eigenvalue weighted by atomic mass is 127. The molecule has 8 heteroatoms. The monoisotopic (exact) mass is 515 g/mol. The Morgan fingerprint density at radius 1 is 1.24 bits per heavy atom.